The first kappa shape index (κ1) is 15.8. The van der Waals surface area contributed by atoms with Gasteiger partial charge in [0.2, 0.25) is 5.91 Å². The number of amides is 1. The molecule has 22 heavy (non-hydrogen) atoms. The minimum absolute atomic E-state index is 0.0299. The van der Waals surface area contributed by atoms with Crippen molar-refractivity contribution in [3.63, 3.8) is 0 Å². The van der Waals surface area contributed by atoms with Crippen LogP contribution in [0.2, 0.25) is 0 Å². The van der Waals surface area contributed by atoms with Gasteiger partial charge in [0.15, 0.2) is 0 Å². The van der Waals surface area contributed by atoms with Crippen molar-refractivity contribution in [3.8, 4) is 5.69 Å². The van der Waals surface area contributed by atoms with Crippen LogP contribution in [0.4, 0.5) is 0 Å². The molecule has 0 saturated carbocycles. The van der Waals surface area contributed by atoms with Crippen molar-refractivity contribution in [1.29, 1.82) is 0 Å². The van der Waals surface area contributed by atoms with Crippen LogP contribution < -0.4 is 0 Å². The van der Waals surface area contributed by atoms with Gasteiger partial charge in [-0.05, 0) is 30.7 Å². The van der Waals surface area contributed by atoms with Crippen molar-refractivity contribution in [2.75, 3.05) is 13.1 Å². The highest BCUT2D eigenvalue weighted by Gasteiger charge is 2.13. The van der Waals surface area contributed by atoms with Gasteiger partial charge >= 0.3 is 5.97 Å². The maximum atomic E-state index is 12.2. The van der Waals surface area contributed by atoms with Crippen molar-refractivity contribution >= 4 is 11.9 Å². The summed E-state index contributed by atoms with van der Waals surface area (Å²) in [5, 5.41) is 12.8. The van der Waals surface area contributed by atoms with Crippen molar-refractivity contribution < 1.29 is 14.7 Å². The lowest BCUT2D eigenvalue weighted by molar-refractivity contribution is -0.138. The summed E-state index contributed by atoms with van der Waals surface area (Å²) in [6, 6.07) is 9.44. The fourth-order valence-electron chi connectivity index (χ4n) is 2.16. The lowest BCUT2D eigenvalue weighted by Gasteiger charge is -2.20. The lowest BCUT2D eigenvalue weighted by atomic mass is 10.1. The van der Waals surface area contributed by atoms with Crippen LogP contribution in [-0.4, -0.2) is 44.8 Å². The fraction of sp³-hybridized carbons (Fsp3) is 0.312. The van der Waals surface area contributed by atoms with Crippen LogP contribution >= 0.6 is 0 Å². The number of hydrogen-bond donors (Lipinski definition) is 1. The molecule has 0 radical (unpaired) electrons. The molecule has 2 aromatic rings. The second-order valence-electron chi connectivity index (χ2n) is 4.91. The summed E-state index contributed by atoms with van der Waals surface area (Å²) < 4.78 is 1.75. The van der Waals surface area contributed by atoms with Crippen LogP contribution in [0.3, 0.4) is 0 Å². The largest absolute Gasteiger partial charge is 0.481 e. The Labute approximate surface area is 129 Å². The van der Waals surface area contributed by atoms with Crippen LogP contribution in [0.1, 0.15) is 18.9 Å². The molecule has 0 fully saturated rings. The molecule has 0 aliphatic heterocycles. The highest BCUT2D eigenvalue weighted by Crippen LogP contribution is 2.10. The van der Waals surface area contributed by atoms with E-state index in [2.05, 4.69) is 5.10 Å². The zero-order valence-corrected chi connectivity index (χ0v) is 12.5. The lowest BCUT2D eigenvalue weighted by Crippen LogP contribution is -2.34. The van der Waals surface area contributed by atoms with Crippen molar-refractivity contribution in [1.82, 2.24) is 14.7 Å². The predicted molar refractivity (Wildman–Crippen MR) is 81.8 cm³/mol. The van der Waals surface area contributed by atoms with Gasteiger partial charge in [-0.15, -0.1) is 0 Å². The number of likely N-dealkylation sites (N-methyl/N-ethyl adjacent to an activating group) is 1. The number of nitrogens with zero attached hydrogens (tertiary/aromatic N) is 3. The highest BCUT2D eigenvalue weighted by molar-refractivity contribution is 5.79. The second-order valence-corrected chi connectivity index (χ2v) is 4.91. The molecule has 116 valence electrons. The molecule has 6 heteroatoms. The first-order valence-electron chi connectivity index (χ1n) is 7.18. The summed E-state index contributed by atoms with van der Waals surface area (Å²) in [5.74, 6) is -0.953. The van der Waals surface area contributed by atoms with E-state index < -0.39 is 5.97 Å². The van der Waals surface area contributed by atoms with Crippen LogP contribution in [-0.2, 0) is 16.0 Å². The van der Waals surface area contributed by atoms with Gasteiger partial charge in [-0.25, -0.2) is 4.68 Å². The van der Waals surface area contributed by atoms with Gasteiger partial charge in [0.1, 0.15) is 0 Å². The molecule has 1 aromatic carbocycles. The minimum Gasteiger partial charge on any atom is -0.481 e. The zero-order valence-electron chi connectivity index (χ0n) is 12.5. The number of aromatic nitrogens is 2. The van der Waals surface area contributed by atoms with Crippen LogP contribution in [0, 0.1) is 0 Å². The number of benzene rings is 1. The van der Waals surface area contributed by atoms with E-state index in [-0.39, 0.29) is 25.3 Å². The van der Waals surface area contributed by atoms with E-state index in [1.807, 2.05) is 43.5 Å². The quantitative estimate of drug-likeness (QED) is 0.845. The Balaban J connectivity index is 1.97. The molecule has 0 unspecified atom stereocenters. The normalized spacial score (nSPS) is 10.4. The molecule has 0 saturated heterocycles. The van der Waals surface area contributed by atoms with Gasteiger partial charge in [0, 0.05) is 25.5 Å². The highest BCUT2D eigenvalue weighted by atomic mass is 16.4. The molecule has 0 atom stereocenters. The Kier molecular flexibility index (Phi) is 5.30. The van der Waals surface area contributed by atoms with Gasteiger partial charge in [-0.3, -0.25) is 9.59 Å². The average Bonchev–Trinajstić information content (AvgIpc) is 3.02. The molecule has 1 amide bonds. The van der Waals surface area contributed by atoms with Crippen LogP contribution in [0.15, 0.2) is 42.7 Å². The van der Waals surface area contributed by atoms with Crippen LogP contribution in [0.5, 0.6) is 0 Å². The molecule has 2 rings (SSSR count). The van der Waals surface area contributed by atoms with Crippen LogP contribution in [0.25, 0.3) is 5.69 Å². The molecule has 1 N–H and O–H groups in total. The molecule has 0 aliphatic carbocycles. The Morgan fingerprint density at radius 1 is 1.27 bits per heavy atom. The summed E-state index contributed by atoms with van der Waals surface area (Å²) in [5.41, 5.74) is 1.83. The molecule has 0 spiro atoms. The molecule has 0 aliphatic rings. The molecule has 1 heterocycles. The van der Waals surface area contributed by atoms with E-state index in [9.17, 15) is 9.59 Å². The summed E-state index contributed by atoms with van der Waals surface area (Å²) in [4.78, 5) is 24.4. The first-order chi connectivity index (χ1) is 10.6. The van der Waals surface area contributed by atoms with Gasteiger partial charge in [-0.2, -0.15) is 5.10 Å². The predicted octanol–water partition coefficient (Wildman–Crippen LogP) is 1.74. The number of carbonyl (C=O) groups is 2. The summed E-state index contributed by atoms with van der Waals surface area (Å²) in [6.45, 7) is 2.61. The topological polar surface area (TPSA) is 75.4 Å². The van der Waals surface area contributed by atoms with Crippen molar-refractivity contribution in [2.24, 2.45) is 0 Å². The number of carboxylic acid groups (broad SMARTS) is 1. The average molecular weight is 301 g/mol. The summed E-state index contributed by atoms with van der Waals surface area (Å²) >= 11 is 0. The number of carboxylic acids is 1. The van der Waals surface area contributed by atoms with Gasteiger partial charge in [0.05, 0.1) is 18.5 Å². The minimum atomic E-state index is -0.894. The maximum absolute atomic E-state index is 12.2. The third-order valence-electron chi connectivity index (χ3n) is 3.39. The molecular weight excluding hydrogens is 282 g/mol. The van der Waals surface area contributed by atoms with E-state index in [4.69, 9.17) is 5.11 Å². The SMILES string of the molecule is CCN(CCC(=O)O)C(=O)Cc1ccc(-n2cccn2)cc1. The number of aliphatic carboxylic acids is 1. The third-order valence-corrected chi connectivity index (χ3v) is 3.39. The third kappa shape index (κ3) is 4.18. The summed E-state index contributed by atoms with van der Waals surface area (Å²) in [7, 11) is 0. The smallest absolute Gasteiger partial charge is 0.305 e. The molecule has 6 nitrogen and oxygen atoms in total. The monoisotopic (exact) mass is 301 g/mol. The zero-order chi connectivity index (χ0) is 15.9. The Morgan fingerprint density at radius 2 is 2.00 bits per heavy atom. The van der Waals surface area contributed by atoms with E-state index in [0.717, 1.165) is 11.3 Å². The number of hydrogen-bond acceptors (Lipinski definition) is 3. The van der Waals surface area contributed by atoms with Gasteiger partial charge < -0.3 is 10.0 Å². The van der Waals surface area contributed by atoms with E-state index >= 15 is 0 Å². The first-order valence-corrected chi connectivity index (χ1v) is 7.18. The van der Waals surface area contributed by atoms with E-state index in [1.165, 1.54) is 0 Å². The van der Waals surface area contributed by atoms with Crippen molar-refractivity contribution in [3.05, 3.63) is 48.3 Å². The fourth-order valence-corrected chi connectivity index (χ4v) is 2.16. The van der Waals surface area contributed by atoms with Gasteiger partial charge in [-0.1, -0.05) is 12.1 Å². The second kappa shape index (κ2) is 7.40. The van der Waals surface area contributed by atoms with Gasteiger partial charge in [0.25, 0.3) is 0 Å². The standard InChI is InChI=1S/C16H19N3O3/c1-2-18(11-8-16(21)22)15(20)12-13-4-6-14(7-5-13)19-10-3-9-17-19/h3-7,9-10H,2,8,11-12H2,1H3,(H,21,22). The molecule has 0 bridgehead atoms. The van der Waals surface area contributed by atoms with E-state index in [0.29, 0.717) is 6.54 Å². The Bertz CT molecular complexity index is 621. The Morgan fingerprint density at radius 3 is 2.55 bits per heavy atom. The maximum Gasteiger partial charge on any atom is 0.305 e. The number of rotatable bonds is 7. The van der Waals surface area contributed by atoms with Crippen molar-refractivity contribution in [2.45, 2.75) is 19.8 Å². The molecule has 1 aromatic heterocycles. The molecular formula is C16H19N3O3. The Hall–Kier alpha value is -2.63. The number of carbonyl (C=O) groups excluding carboxylic acids is 1. The summed E-state index contributed by atoms with van der Waals surface area (Å²) in [6.07, 6.45) is 3.80. The van der Waals surface area contributed by atoms with E-state index in [1.54, 1.807) is 15.8 Å².